The van der Waals surface area contributed by atoms with Crippen LogP contribution in [-0.2, 0) is 6.54 Å². The molecule has 1 N–H and O–H groups in total. The van der Waals surface area contributed by atoms with Gasteiger partial charge in [-0.15, -0.1) is 11.3 Å². The van der Waals surface area contributed by atoms with Gasteiger partial charge in [-0.05, 0) is 25.7 Å². The molecule has 4 nitrogen and oxygen atoms in total. The van der Waals surface area contributed by atoms with Gasteiger partial charge < -0.3 is 10.2 Å². The lowest BCUT2D eigenvalue weighted by molar-refractivity contribution is 0.452. The van der Waals surface area contributed by atoms with Crippen LogP contribution in [-0.4, -0.2) is 36.5 Å². The minimum atomic E-state index is 0.814. The van der Waals surface area contributed by atoms with Gasteiger partial charge in [0.1, 0.15) is 0 Å². The van der Waals surface area contributed by atoms with E-state index in [1.165, 1.54) is 25.7 Å². The number of hydrogen-bond donors (Lipinski definition) is 1. The number of thiazole rings is 1. The van der Waals surface area contributed by atoms with E-state index in [0.717, 1.165) is 35.7 Å². The van der Waals surface area contributed by atoms with Gasteiger partial charge in [-0.25, -0.2) is 4.98 Å². The van der Waals surface area contributed by atoms with Gasteiger partial charge in [-0.1, -0.05) is 12.8 Å². The molecular weight excluding hydrogens is 256 g/mol. The Balaban J connectivity index is 1.82. The van der Waals surface area contributed by atoms with Crippen molar-refractivity contribution in [2.24, 2.45) is 10.9 Å². The molecule has 1 fully saturated rings. The summed E-state index contributed by atoms with van der Waals surface area (Å²) in [6.07, 6.45) is 5.50. The third-order valence-electron chi connectivity index (χ3n) is 3.66. The summed E-state index contributed by atoms with van der Waals surface area (Å²) in [4.78, 5) is 11.0. The van der Waals surface area contributed by atoms with E-state index in [1.807, 2.05) is 14.0 Å². The Kier molecular flexibility index (Phi) is 5.19. The van der Waals surface area contributed by atoms with Gasteiger partial charge in [0.15, 0.2) is 5.96 Å². The highest BCUT2D eigenvalue weighted by Gasteiger charge is 2.16. The van der Waals surface area contributed by atoms with E-state index in [1.54, 1.807) is 11.3 Å². The van der Waals surface area contributed by atoms with Crippen molar-refractivity contribution in [3.63, 3.8) is 0 Å². The number of guanidine groups is 1. The van der Waals surface area contributed by atoms with Gasteiger partial charge in [0.05, 0.1) is 17.2 Å². The van der Waals surface area contributed by atoms with E-state index < -0.39 is 0 Å². The molecule has 1 aromatic rings. The number of aliphatic imine (C=N–C) groups is 1. The quantitative estimate of drug-likeness (QED) is 0.681. The van der Waals surface area contributed by atoms with Crippen molar-refractivity contribution in [3.05, 3.63) is 16.1 Å². The van der Waals surface area contributed by atoms with Gasteiger partial charge in [0, 0.05) is 26.0 Å². The predicted molar refractivity (Wildman–Crippen MR) is 81.6 cm³/mol. The molecule has 1 aliphatic carbocycles. The summed E-state index contributed by atoms with van der Waals surface area (Å²) in [5.74, 6) is 1.80. The summed E-state index contributed by atoms with van der Waals surface area (Å²) >= 11 is 1.70. The maximum absolute atomic E-state index is 4.50. The largest absolute Gasteiger partial charge is 0.356 e. The molecule has 2 rings (SSSR count). The molecule has 0 aliphatic heterocycles. The summed E-state index contributed by atoms with van der Waals surface area (Å²) in [5, 5.41) is 6.73. The molecule has 0 unspecified atom stereocenters. The first-order valence-electron chi connectivity index (χ1n) is 7.02. The van der Waals surface area contributed by atoms with Crippen LogP contribution in [0.3, 0.4) is 0 Å². The maximum Gasteiger partial charge on any atom is 0.193 e. The van der Waals surface area contributed by atoms with Gasteiger partial charge >= 0.3 is 0 Å². The van der Waals surface area contributed by atoms with Crippen LogP contribution in [0.5, 0.6) is 0 Å². The third-order valence-corrected chi connectivity index (χ3v) is 4.49. The number of rotatable bonds is 4. The normalized spacial score (nSPS) is 16.9. The van der Waals surface area contributed by atoms with Crippen molar-refractivity contribution >= 4 is 17.3 Å². The van der Waals surface area contributed by atoms with Crippen LogP contribution >= 0.6 is 11.3 Å². The Labute approximate surface area is 120 Å². The van der Waals surface area contributed by atoms with Crippen LogP contribution in [0.4, 0.5) is 0 Å². The molecule has 5 heteroatoms. The van der Waals surface area contributed by atoms with Crippen molar-refractivity contribution in [2.75, 3.05) is 20.6 Å². The molecule has 0 spiro atoms. The summed E-state index contributed by atoms with van der Waals surface area (Å²) < 4.78 is 0. The lowest BCUT2D eigenvalue weighted by atomic mass is 10.1. The number of aryl methyl sites for hydroxylation is 1. The summed E-state index contributed by atoms with van der Waals surface area (Å²) in [5.41, 5.74) is 1.12. The number of nitrogens with zero attached hydrogens (tertiary/aromatic N) is 3. The van der Waals surface area contributed by atoms with Crippen molar-refractivity contribution in [2.45, 2.75) is 39.2 Å². The monoisotopic (exact) mass is 280 g/mol. The molecule has 1 aromatic heterocycles. The fourth-order valence-electron chi connectivity index (χ4n) is 2.63. The summed E-state index contributed by atoms with van der Waals surface area (Å²) in [6.45, 7) is 3.91. The molecular formula is C14H24N4S. The van der Waals surface area contributed by atoms with Gasteiger partial charge in [0.2, 0.25) is 0 Å². The first-order valence-corrected chi connectivity index (χ1v) is 7.90. The minimum Gasteiger partial charge on any atom is -0.356 e. The topological polar surface area (TPSA) is 40.5 Å². The first kappa shape index (κ1) is 14.3. The zero-order chi connectivity index (χ0) is 13.7. The fraction of sp³-hybridized carbons (Fsp3) is 0.714. The molecule has 0 radical (unpaired) electrons. The predicted octanol–water partition coefficient (Wildman–Crippen LogP) is 2.65. The van der Waals surface area contributed by atoms with E-state index in [9.17, 15) is 0 Å². The molecule has 1 heterocycles. The second kappa shape index (κ2) is 6.89. The van der Waals surface area contributed by atoms with Crippen LogP contribution in [0, 0.1) is 12.8 Å². The Morgan fingerprint density at radius 3 is 2.84 bits per heavy atom. The minimum absolute atomic E-state index is 0.814. The smallest absolute Gasteiger partial charge is 0.193 e. The second-order valence-corrected chi connectivity index (χ2v) is 6.35. The molecule has 0 saturated heterocycles. The first-order chi connectivity index (χ1) is 9.19. The number of nitrogens with one attached hydrogen (secondary N) is 1. The highest BCUT2D eigenvalue weighted by atomic mass is 32.1. The maximum atomic E-state index is 4.50. The molecule has 1 aliphatic rings. The second-order valence-electron chi connectivity index (χ2n) is 5.29. The Bertz CT molecular complexity index is 421. The summed E-state index contributed by atoms with van der Waals surface area (Å²) in [7, 11) is 3.92. The van der Waals surface area contributed by atoms with Gasteiger partial charge in [0.25, 0.3) is 0 Å². The van der Waals surface area contributed by atoms with Crippen molar-refractivity contribution in [1.82, 2.24) is 15.2 Å². The Morgan fingerprint density at radius 1 is 1.53 bits per heavy atom. The SMILES string of the molecule is CN=C(NCC1CCCC1)N(C)Cc1csc(C)n1. The molecule has 0 bridgehead atoms. The van der Waals surface area contributed by atoms with Crippen LogP contribution in [0.25, 0.3) is 0 Å². The van der Waals surface area contributed by atoms with E-state index in [2.05, 4.69) is 32.6 Å². The standard InChI is InChI=1S/C14H24N4S/c1-11-17-13(10-19-11)9-18(3)14(15-2)16-8-12-6-4-5-7-12/h10,12H,4-9H2,1-3H3,(H,15,16). The van der Waals surface area contributed by atoms with Gasteiger partial charge in [-0.2, -0.15) is 0 Å². The fourth-order valence-corrected chi connectivity index (χ4v) is 3.24. The third kappa shape index (κ3) is 4.20. The summed E-state index contributed by atoms with van der Waals surface area (Å²) in [6, 6.07) is 0. The van der Waals surface area contributed by atoms with E-state index >= 15 is 0 Å². The average Bonchev–Trinajstić information content (AvgIpc) is 3.02. The Hall–Kier alpha value is -1.10. The van der Waals surface area contributed by atoms with E-state index in [0.29, 0.717) is 0 Å². The molecule has 0 atom stereocenters. The number of hydrogen-bond acceptors (Lipinski definition) is 3. The zero-order valence-electron chi connectivity index (χ0n) is 12.1. The van der Waals surface area contributed by atoms with E-state index in [4.69, 9.17) is 0 Å². The Morgan fingerprint density at radius 2 is 2.26 bits per heavy atom. The molecule has 0 aromatic carbocycles. The molecule has 1 saturated carbocycles. The van der Waals surface area contributed by atoms with E-state index in [-0.39, 0.29) is 0 Å². The molecule has 106 valence electrons. The van der Waals surface area contributed by atoms with Crippen molar-refractivity contribution < 1.29 is 0 Å². The van der Waals surface area contributed by atoms with Crippen LogP contribution in [0.15, 0.2) is 10.4 Å². The molecule has 19 heavy (non-hydrogen) atoms. The average molecular weight is 280 g/mol. The van der Waals surface area contributed by atoms with Crippen LogP contribution < -0.4 is 5.32 Å². The van der Waals surface area contributed by atoms with Crippen LogP contribution in [0.2, 0.25) is 0 Å². The number of aromatic nitrogens is 1. The van der Waals surface area contributed by atoms with Crippen molar-refractivity contribution in [1.29, 1.82) is 0 Å². The highest BCUT2D eigenvalue weighted by Crippen LogP contribution is 2.23. The van der Waals surface area contributed by atoms with Crippen molar-refractivity contribution in [3.8, 4) is 0 Å². The van der Waals surface area contributed by atoms with Gasteiger partial charge in [-0.3, -0.25) is 4.99 Å². The molecule has 0 amide bonds. The van der Waals surface area contributed by atoms with Crippen LogP contribution in [0.1, 0.15) is 36.4 Å². The highest BCUT2D eigenvalue weighted by molar-refractivity contribution is 7.09. The lowest BCUT2D eigenvalue weighted by Crippen LogP contribution is -2.40. The lowest BCUT2D eigenvalue weighted by Gasteiger charge is -2.22. The zero-order valence-corrected chi connectivity index (χ0v) is 13.0.